The van der Waals surface area contributed by atoms with Gasteiger partial charge < -0.3 is 9.64 Å². The van der Waals surface area contributed by atoms with Crippen LogP contribution in [0.3, 0.4) is 0 Å². The number of benzene rings is 1. The predicted molar refractivity (Wildman–Crippen MR) is 128 cm³/mol. The second-order valence-corrected chi connectivity index (χ2v) is 9.95. The monoisotopic (exact) mass is 489 g/mol. The van der Waals surface area contributed by atoms with Crippen molar-refractivity contribution in [2.24, 2.45) is 0 Å². The number of rotatable bonds is 4. The van der Waals surface area contributed by atoms with Crippen molar-refractivity contribution in [1.82, 2.24) is 19.8 Å². The molecule has 9 heteroatoms. The molecule has 0 bridgehead atoms. The molecule has 0 N–H and O–H groups in total. The first-order valence-corrected chi connectivity index (χ1v) is 12.2. The Morgan fingerprint density at radius 1 is 1.17 bits per heavy atom. The lowest BCUT2D eigenvalue weighted by atomic mass is 9.87. The van der Waals surface area contributed by atoms with Gasteiger partial charge in [-0.15, -0.1) is 0 Å². The summed E-state index contributed by atoms with van der Waals surface area (Å²) in [5.74, 6) is -0.506. The van der Waals surface area contributed by atoms with Crippen LogP contribution in [-0.4, -0.2) is 69.7 Å². The Bertz CT molecular complexity index is 1390. The van der Waals surface area contributed by atoms with Crippen LogP contribution in [0.1, 0.15) is 30.5 Å². The first-order chi connectivity index (χ1) is 17.4. The summed E-state index contributed by atoms with van der Waals surface area (Å²) in [6, 6.07) is 11.0. The van der Waals surface area contributed by atoms with Crippen molar-refractivity contribution < 1.29 is 18.3 Å². The molecule has 1 spiro atoms. The number of halogens is 2. The van der Waals surface area contributed by atoms with Crippen LogP contribution in [0.4, 0.5) is 8.78 Å². The molecule has 7 nitrogen and oxygen atoms in total. The molecule has 6 rings (SSSR count). The van der Waals surface area contributed by atoms with Crippen LogP contribution >= 0.6 is 0 Å². The molecule has 3 fully saturated rings. The minimum Gasteiger partial charge on any atom is -0.360 e. The topological polar surface area (TPSA) is 82.4 Å². The van der Waals surface area contributed by atoms with E-state index in [-0.39, 0.29) is 37.3 Å². The maximum Gasteiger partial charge on any atom is 0.248 e. The average Bonchev–Trinajstić information content (AvgIpc) is 3.73. The number of hydrogen-bond acceptors (Lipinski definition) is 6. The number of fused-ring (bicyclic) bond motifs is 1. The van der Waals surface area contributed by atoms with Gasteiger partial charge in [-0.25, -0.2) is 8.78 Å². The highest BCUT2D eigenvalue weighted by Crippen LogP contribution is 2.38. The fraction of sp³-hybridized carbons (Fsp3) is 0.407. The number of hydrogen-bond donors (Lipinski definition) is 0. The molecule has 2 atom stereocenters. The number of pyridine rings is 2. The number of carbonyl (C=O) groups excluding carboxylic acids is 1. The van der Waals surface area contributed by atoms with E-state index in [0.717, 1.165) is 23.8 Å². The molecule has 2 saturated heterocycles. The van der Waals surface area contributed by atoms with Crippen molar-refractivity contribution in [3.8, 4) is 17.2 Å². The highest BCUT2D eigenvalue weighted by molar-refractivity contribution is 5.85. The van der Waals surface area contributed by atoms with Gasteiger partial charge in [-0.2, -0.15) is 5.26 Å². The fourth-order valence-electron chi connectivity index (χ4n) is 5.22. The standard InChI is InChI=1S/C27H25F2N5O2/c28-22-8-20(18-1-2-19-7-17(10-30)11-31-23(19)9-18)12-32-24(22)13-33-6-5-27(25(29)14-33)16-34(21-3-4-21)26(35)15-36-27/h1-2,7-9,11-12,21,25H,3-6,13-16H2. The quantitative estimate of drug-likeness (QED) is 0.557. The summed E-state index contributed by atoms with van der Waals surface area (Å²) in [7, 11) is 0. The number of ether oxygens (including phenoxy) is 1. The molecule has 184 valence electrons. The number of alkyl halides is 1. The molecule has 2 aliphatic heterocycles. The zero-order valence-corrected chi connectivity index (χ0v) is 19.7. The van der Waals surface area contributed by atoms with Crippen molar-refractivity contribution in [1.29, 1.82) is 5.26 Å². The summed E-state index contributed by atoms with van der Waals surface area (Å²) in [4.78, 5) is 24.5. The fourth-order valence-corrected chi connectivity index (χ4v) is 5.22. The van der Waals surface area contributed by atoms with Crippen molar-refractivity contribution in [2.75, 3.05) is 26.2 Å². The van der Waals surface area contributed by atoms with E-state index >= 15 is 8.78 Å². The van der Waals surface area contributed by atoms with Crippen LogP contribution < -0.4 is 0 Å². The molecule has 0 radical (unpaired) electrons. The Labute approximate surface area is 207 Å². The van der Waals surface area contributed by atoms with Crippen molar-refractivity contribution >= 4 is 16.8 Å². The number of likely N-dealkylation sites (tertiary alicyclic amines) is 1. The third-order valence-electron chi connectivity index (χ3n) is 7.51. The summed E-state index contributed by atoms with van der Waals surface area (Å²) in [6.07, 6.45) is 4.25. The molecule has 1 aliphatic carbocycles. The summed E-state index contributed by atoms with van der Waals surface area (Å²) in [5, 5.41) is 9.87. The van der Waals surface area contributed by atoms with Gasteiger partial charge in [0.15, 0.2) is 0 Å². The molecule has 1 aromatic carbocycles. The molecular weight excluding hydrogens is 464 g/mol. The molecule has 1 amide bonds. The second kappa shape index (κ2) is 8.87. The zero-order chi connectivity index (χ0) is 24.9. The number of nitriles is 1. The maximum absolute atomic E-state index is 15.4. The van der Waals surface area contributed by atoms with Crippen LogP contribution in [0.2, 0.25) is 0 Å². The van der Waals surface area contributed by atoms with E-state index in [1.165, 1.54) is 12.3 Å². The lowest BCUT2D eigenvalue weighted by Crippen LogP contribution is -2.64. The Kier molecular flexibility index (Phi) is 5.66. The number of aromatic nitrogens is 2. The number of amides is 1. The van der Waals surface area contributed by atoms with Crippen molar-refractivity contribution in [3.63, 3.8) is 0 Å². The third kappa shape index (κ3) is 4.21. The van der Waals surface area contributed by atoms with Gasteiger partial charge in [-0.05, 0) is 43.0 Å². The molecular formula is C27H25F2N5O2. The van der Waals surface area contributed by atoms with E-state index in [2.05, 4.69) is 16.0 Å². The first-order valence-electron chi connectivity index (χ1n) is 12.2. The number of nitrogens with zero attached hydrogens (tertiary/aromatic N) is 5. The van der Waals surface area contributed by atoms with Gasteiger partial charge in [-0.1, -0.05) is 12.1 Å². The maximum atomic E-state index is 15.4. The molecule has 2 aromatic heterocycles. The van der Waals surface area contributed by atoms with E-state index in [1.807, 2.05) is 23.1 Å². The number of carbonyl (C=O) groups is 1. The van der Waals surface area contributed by atoms with Crippen LogP contribution in [0.5, 0.6) is 0 Å². The van der Waals surface area contributed by atoms with Gasteiger partial charge in [0.25, 0.3) is 0 Å². The molecule has 1 saturated carbocycles. The number of piperidine rings is 1. The van der Waals surface area contributed by atoms with E-state index < -0.39 is 17.6 Å². The minimum absolute atomic E-state index is 0.0572. The van der Waals surface area contributed by atoms with E-state index in [1.54, 1.807) is 17.2 Å². The lowest BCUT2D eigenvalue weighted by Gasteiger charge is -2.48. The lowest BCUT2D eigenvalue weighted by molar-refractivity contribution is -0.189. The van der Waals surface area contributed by atoms with Crippen LogP contribution in [-0.2, 0) is 16.1 Å². The third-order valence-corrected chi connectivity index (χ3v) is 7.51. The van der Waals surface area contributed by atoms with Gasteiger partial charge in [0.05, 0.1) is 23.3 Å². The van der Waals surface area contributed by atoms with E-state index in [0.29, 0.717) is 36.2 Å². The molecule has 3 aliphatic rings. The summed E-state index contributed by atoms with van der Waals surface area (Å²) >= 11 is 0. The molecule has 2 unspecified atom stereocenters. The van der Waals surface area contributed by atoms with Crippen molar-refractivity contribution in [3.05, 3.63) is 59.8 Å². The summed E-state index contributed by atoms with van der Waals surface area (Å²) in [5.41, 5.74) is 1.87. The van der Waals surface area contributed by atoms with Gasteiger partial charge in [0.1, 0.15) is 30.3 Å². The Balaban J connectivity index is 1.14. The van der Waals surface area contributed by atoms with Gasteiger partial charge in [0.2, 0.25) is 5.91 Å². The van der Waals surface area contributed by atoms with E-state index in [9.17, 15) is 4.79 Å². The smallest absolute Gasteiger partial charge is 0.248 e. The largest absolute Gasteiger partial charge is 0.360 e. The Morgan fingerprint density at radius 2 is 2.03 bits per heavy atom. The van der Waals surface area contributed by atoms with Crippen molar-refractivity contribution in [2.45, 2.75) is 43.6 Å². The van der Waals surface area contributed by atoms with Gasteiger partial charge >= 0.3 is 0 Å². The normalized spacial score (nSPS) is 24.9. The SMILES string of the molecule is N#Cc1cnc2cc(-c3cnc(CN4CCC5(CN(C6CC6)C(=O)CO5)C(F)C4)c(F)c3)ccc2c1. The van der Waals surface area contributed by atoms with Gasteiger partial charge in [-0.3, -0.25) is 19.7 Å². The summed E-state index contributed by atoms with van der Waals surface area (Å²) < 4.78 is 36.2. The number of morpholine rings is 1. The first kappa shape index (κ1) is 23.0. The predicted octanol–water partition coefficient (Wildman–Crippen LogP) is 3.61. The minimum atomic E-state index is -1.27. The second-order valence-electron chi connectivity index (χ2n) is 9.95. The molecule has 36 heavy (non-hydrogen) atoms. The average molecular weight is 490 g/mol. The highest BCUT2D eigenvalue weighted by atomic mass is 19.1. The molecule has 4 heterocycles. The van der Waals surface area contributed by atoms with Gasteiger partial charge in [0, 0.05) is 49.0 Å². The Morgan fingerprint density at radius 3 is 2.78 bits per heavy atom. The molecule has 3 aromatic rings. The summed E-state index contributed by atoms with van der Waals surface area (Å²) in [6.45, 7) is 1.07. The van der Waals surface area contributed by atoms with Crippen LogP contribution in [0.25, 0.3) is 22.0 Å². The van der Waals surface area contributed by atoms with Crippen LogP contribution in [0.15, 0.2) is 42.7 Å². The van der Waals surface area contributed by atoms with E-state index in [4.69, 9.17) is 10.00 Å². The Hall–Kier alpha value is -3.48. The van der Waals surface area contributed by atoms with Crippen LogP contribution in [0, 0.1) is 17.1 Å². The zero-order valence-electron chi connectivity index (χ0n) is 19.7. The highest BCUT2D eigenvalue weighted by Gasteiger charge is 2.51.